The van der Waals surface area contributed by atoms with Crippen LogP contribution in [0.25, 0.3) is 10.6 Å². The first-order valence-electron chi connectivity index (χ1n) is 9.19. The number of methoxy groups -OCH3 is 3. The van der Waals surface area contributed by atoms with Gasteiger partial charge in [-0.15, -0.1) is 10.2 Å². The Morgan fingerprint density at radius 1 is 1.06 bits per heavy atom. The molecule has 3 aromatic rings. The number of nitrogens with one attached hydrogen (secondary N) is 2. The molecule has 1 aromatic carbocycles. The molecule has 13 nitrogen and oxygen atoms in total. The second-order valence-electron chi connectivity index (χ2n) is 6.07. The van der Waals surface area contributed by atoms with E-state index in [4.69, 9.17) is 9.47 Å². The average molecular weight is 527 g/mol. The fourth-order valence-corrected chi connectivity index (χ4v) is 5.31. The normalized spacial score (nSPS) is 10.9. The zero-order chi connectivity index (χ0) is 24.7. The first-order chi connectivity index (χ1) is 16.2. The van der Waals surface area contributed by atoms with Gasteiger partial charge in [0.05, 0.1) is 38.0 Å². The van der Waals surface area contributed by atoms with Gasteiger partial charge in [-0.2, -0.15) is 9.97 Å². The number of carbonyl (C=O) groups is 2. The zero-order valence-electron chi connectivity index (χ0n) is 18.0. The minimum Gasteiger partial charge on any atom is -0.481 e. The van der Waals surface area contributed by atoms with Crippen molar-refractivity contribution in [2.75, 3.05) is 32.4 Å². The number of thioether (sulfide) groups is 1. The zero-order valence-corrected chi connectivity index (χ0v) is 20.4. The van der Waals surface area contributed by atoms with Crippen LogP contribution in [-0.2, 0) is 19.6 Å². The molecule has 180 valence electrons. The Balaban J connectivity index is 1.79. The Labute approximate surface area is 202 Å². The fraction of sp³-hybridized carbons (Fsp3) is 0.222. The number of rotatable bonds is 9. The van der Waals surface area contributed by atoms with Crippen molar-refractivity contribution in [2.24, 2.45) is 0 Å². The van der Waals surface area contributed by atoms with E-state index in [9.17, 15) is 18.0 Å². The van der Waals surface area contributed by atoms with Gasteiger partial charge in [0, 0.05) is 5.56 Å². The van der Waals surface area contributed by atoms with Crippen molar-refractivity contribution < 1.29 is 32.2 Å². The number of aromatic nitrogens is 4. The molecule has 2 amide bonds. The molecule has 0 radical (unpaired) electrons. The van der Waals surface area contributed by atoms with Crippen LogP contribution in [0.3, 0.4) is 0 Å². The van der Waals surface area contributed by atoms with Gasteiger partial charge in [0.25, 0.3) is 10.0 Å². The number of carbonyl (C=O) groups excluding carboxylic acids is 2. The number of hydrogen-bond acceptors (Lipinski definition) is 13. The molecule has 0 spiro atoms. The summed E-state index contributed by atoms with van der Waals surface area (Å²) in [6.07, 6.45) is 0. The van der Waals surface area contributed by atoms with E-state index in [1.165, 1.54) is 45.6 Å². The fourth-order valence-electron chi connectivity index (χ4n) is 2.41. The monoisotopic (exact) mass is 526 g/mol. The minimum atomic E-state index is -4.33. The molecule has 0 atom stereocenters. The molecule has 16 heteroatoms. The van der Waals surface area contributed by atoms with Gasteiger partial charge in [-0.1, -0.05) is 41.3 Å². The van der Waals surface area contributed by atoms with Crippen molar-refractivity contribution in [1.29, 1.82) is 0 Å². The number of benzene rings is 1. The topological polar surface area (TPSA) is 172 Å². The van der Waals surface area contributed by atoms with Crippen LogP contribution in [0.5, 0.6) is 11.8 Å². The molecule has 0 aliphatic rings. The van der Waals surface area contributed by atoms with Gasteiger partial charge in [-0.25, -0.2) is 17.9 Å². The number of anilines is 1. The highest BCUT2D eigenvalue weighted by atomic mass is 32.2. The number of amides is 2. The maximum absolute atomic E-state index is 13.0. The second-order valence-corrected chi connectivity index (χ2v) is 9.92. The van der Waals surface area contributed by atoms with E-state index < -0.39 is 22.0 Å². The molecule has 0 saturated heterocycles. The van der Waals surface area contributed by atoms with Crippen LogP contribution in [0.2, 0.25) is 0 Å². The van der Waals surface area contributed by atoms with Crippen molar-refractivity contribution >= 4 is 51.1 Å². The summed E-state index contributed by atoms with van der Waals surface area (Å²) >= 11 is 2.20. The van der Waals surface area contributed by atoms with E-state index in [1.54, 1.807) is 6.07 Å². The van der Waals surface area contributed by atoms with Crippen LogP contribution in [0.1, 0.15) is 0 Å². The molecule has 0 fully saturated rings. The van der Waals surface area contributed by atoms with E-state index in [0.29, 0.717) is 4.34 Å². The summed E-state index contributed by atoms with van der Waals surface area (Å²) in [7, 11) is -0.337. The Morgan fingerprint density at radius 3 is 2.38 bits per heavy atom. The Bertz CT molecular complexity index is 1280. The Morgan fingerprint density at radius 2 is 1.74 bits per heavy atom. The standard InChI is InChI=1S/C18H18N6O7S3/c1-29-12-8-13(30-2)20-16(19-12)21-17(26)24-34(27,28)11-7-5-4-6-10(11)15-22-23-18(33-15)32-9-14(25)31-3/h4-8H,9H2,1-3H3,(H2,19,20,21,24,26). The van der Waals surface area contributed by atoms with Crippen molar-refractivity contribution in [3.8, 4) is 22.3 Å². The summed E-state index contributed by atoms with van der Waals surface area (Å²) in [6, 6.07) is 6.25. The largest absolute Gasteiger partial charge is 0.481 e. The highest BCUT2D eigenvalue weighted by Gasteiger charge is 2.24. The summed E-state index contributed by atoms with van der Waals surface area (Å²) in [5.74, 6) is -0.421. The smallest absolute Gasteiger partial charge is 0.335 e. The highest BCUT2D eigenvalue weighted by molar-refractivity contribution is 8.01. The average Bonchev–Trinajstić information content (AvgIpc) is 3.30. The van der Waals surface area contributed by atoms with Crippen molar-refractivity contribution in [2.45, 2.75) is 9.24 Å². The lowest BCUT2D eigenvalue weighted by atomic mass is 10.2. The molecule has 2 heterocycles. The predicted octanol–water partition coefficient (Wildman–Crippen LogP) is 1.79. The number of sulfonamides is 1. The van der Waals surface area contributed by atoms with Gasteiger partial charge in [-0.05, 0) is 6.07 Å². The van der Waals surface area contributed by atoms with Crippen LogP contribution in [0.15, 0.2) is 39.6 Å². The van der Waals surface area contributed by atoms with Gasteiger partial charge in [0.2, 0.25) is 17.7 Å². The third kappa shape index (κ3) is 6.30. The predicted molar refractivity (Wildman–Crippen MR) is 123 cm³/mol. The third-order valence-electron chi connectivity index (χ3n) is 3.90. The number of esters is 1. The molecule has 0 aliphatic carbocycles. The molecule has 3 rings (SSSR count). The minimum absolute atomic E-state index is 0.0317. The summed E-state index contributed by atoms with van der Waals surface area (Å²) in [5.41, 5.74) is 0.226. The second kappa shape index (κ2) is 11.1. The quantitative estimate of drug-likeness (QED) is 0.306. The van der Waals surface area contributed by atoms with Crippen molar-refractivity contribution in [3.63, 3.8) is 0 Å². The lowest BCUT2D eigenvalue weighted by molar-refractivity contribution is -0.137. The van der Waals surface area contributed by atoms with E-state index in [1.807, 2.05) is 4.72 Å². The maximum atomic E-state index is 13.0. The van der Waals surface area contributed by atoms with Gasteiger partial charge in [0.1, 0.15) is 5.01 Å². The van der Waals surface area contributed by atoms with Crippen molar-refractivity contribution in [1.82, 2.24) is 24.9 Å². The molecule has 0 bridgehead atoms. The van der Waals surface area contributed by atoms with E-state index in [2.05, 4.69) is 30.2 Å². The van der Waals surface area contributed by atoms with E-state index >= 15 is 0 Å². The number of urea groups is 1. The summed E-state index contributed by atoms with van der Waals surface area (Å²) in [4.78, 5) is 31.3. The lowest BCUT2D eigenvalue weighted by Crippen LogP contribution is -2.35. The van der Waals surface area contributed by atoms with E-state index in [0.717, 1.165) is 23.1 Å². The molecule has 0 saturated carbocycles. The van der Waals surface area contributed by atoms with E-state index in [-0.39, 0.29) is 38.9 Å². The van der Waals surface area contributed by atoms with Crippen molar-refractivity contribution in [3.05, 3.63) is 30.3 Å². The Hall–Kier alpha value is -3.50. The number of ether oxygens (including phenoxy) is 3. The third-order valence-corrected chi connectivity index (χ3v) is 7.36. The van der Waals surface area contributed by atoms with Crippen LogP contribution in [-0.4, -0.2) is 67.7 Å². The van der Waals surface area contributed by atoms with Gasteiger partial charge < -0.3 is 14.2 Å². The molecule has 0 unspecified atom stereocenters. The van der Waals surface area contributed by atoms with Gasteiger partial charge in [0.15, 0.2) is 4.34 Å². The van der Waals surface area contributed by atoms with Crippen LogP contribution in [0, 0.1) is 0 Å². The highest BCUT2D eigenvalue weighted by Crippen LogP contribution is 2.33. The number of nitrogens with zero attached hydrogens (tertiary/aromatic N) is 4. The molecular weight excluding hydrogens is 508 g/mol. The van der Waals surface area contributed by atoms with Crippen LogP contribution >= 0.6 is 23.1 Å². The summed E-state index contributed by atoms with van der Waals surface area (Å²) in [6.45, 7) is 0. The molecule has 2 aromatic heterocycles. The maximum Gasteiger partial charge on any atom is 0.335 e. The molecule has 0 aliphatic heterocycles. The Kier molecular flexibility index (Phi) is 8.19. The number of hydrogen-bond donors (Lipinski definition) is 2. The molecule has 34 heavy (non-hydrogen) atoms. The van der Waals surface area contributed by atoms with Crippen LogP contribution < -0.4 is 19.5 Å². The first-order valence-corrected chi connectivity index (χ1v) is 12.5. The molecule has 2 N–H and O–H groups in total. The SMILES string of the molecule is COC(=O)CSc1nnc(-c2ccccc2S(=O)(=O)NC(=O)Nc2nc(OC)cc(OC)n2)s1. The summed E-state index contributed by atoms with van der Waals surface area (Å²) < 4.78 is 42.8. The van der Waals surface area contributed by atoms with Gasteiger partial charge >= 0.3 is 12.0 Å². The summed E-state index contributed by atoms with van der Waals surface area (Å²) in [5, 5.41) is 10.5. The van der Waals surface area contributed by atoms with Crippen LogP contribution in [0.4, 0.5) is 10.7 Å². The lowest BCUT2D eigenvalue weighted by Gasteiger charge is -2.11. The first kappa shape index (κ1) is 25.1. The molecular formula is C18H18N6O7S3. The van der Waals surface area contributed by atoms with Gasteiger partial charge in [-0.3, -0.25) is 10.1 Å².